The molecule has 0 saturated carbocycles. The van der Waals surface area contributed by atoms with E-state index in [2.05, 4.69) is 5.32 Å². The first kappa shape index (κ1) is 14.9. The van der Waals surface area contributed by atoms with Gasteiger partial charge in [-0.3, -0.25) is 4.79 Å². The van der Waals surface area contributed by atoms with Crippen LogP contribution in [0.5, 0.6) is 5.75 Å². The molecule has 0 saturated heterocycles. The van der Waals surface area contributed by atoms with Crippen LogP contribution in [-0.4, -0.2) is 15.6 Å². The summed E-state index contributed by atoms with van der Waals surface area (Å²) in [7, 11) is 0. The summed E-state index contributed by atoms with van der Waals surface area (Å²) in [6.45, 7) is 1.89. The molecule has 2 aromatic carbocycles. The van der Waals surface area contributed by atoms with Crippen LogP contribution in [0.1, 0.15) is 11.1 Å². The summed E-state index contributed by atoms with van der Waals surface area (Å²) in [4.78, 5) is 12.1. The summed E-state index contributed by atoms with van der Waals surface area (Å²) < 4.78 is 2.01. The van der Waals surface area contributed by atoms with E-state index in [1.165, 1.54) is 0 Å². The SMILES string of the molecule is Cc1ccc(NC(=O)Cc2ccc(-n3cccc3)cc2)c(O)c1. The minimum absolute atomic E-state index is 0.0845. The predicted octanol–water partition coefficient (Wildman–Crippen LogP) is 3.67. The van der Waals surface area contributed by atoms with Gasteiger partial charge in [0.1, 0.15) is 5.75 Å². The molecule has 4 heteroatoms. The van der Waals surface area contributed by atoms with Crippen LogP contribution in [0, 0.1) is 6.92 Å². The van der Waals surface area contributed by atoms with Crippen LogP contribution in [0.15, 0.2) is 67.0 Å². The Balaban J connectivity index is 1.66. The second kappa shape index (κ2) is 6.40. The third-order valence-electron chi connectivity index (χ3n) is 3.63. The molecule has 1 heterocycles. The molecule has 0 unspecified atom stereocenters. The number of amides is 1. The summed E-state index contributed by atoms with van der Waals surface area (Å²) >= 11 is 0. The van der Waals surface area contributed by atoms with E-state index < -0.39 is 0 Å². The number of phenols is 1. The summed E-state index contributed by atoms with van der Waals surface area (Å²) in [6, 6.07) is 16.9. The van der Waals surface area contributed by atoms with Crippen molar-refractivity contribution in [2.75, 3.05) is 5.32 Å². The summed E-state index contributed by atoms with van der Waals surface area (Å²) in [5.41, 5.74) is 3.35. The lowest BCUT2D eigenvalue weighted by Gasteiger charge is -2.09. The van der Waals surface area contributed by atoms with Gasteiger partial charge < -0.3 is 15.0 Å². The Morgan fingerprint density at radius 3 is 2.43 bits per heavy atom. The van der Waals surface area contributed by atoms with Crippen LogP contribution in [0.25, 0.3) is 5.69 Å². The first-order valence-corrected chi connectivity index (χ1v) is 7.43. The van der Waals surface area contributed by atoms with Crippen LogP contribution in [0.2, 0.25) is 0 Å². The molecule has 1 amide bonds. The monoisotopic (exact) mass is 306 g/mol. The number of aryl methyl sites for hydroxylation is 1. The molecule has 0 aliphatic heterocycles. The molecule has 0 aliphatic rings. The highest BCUT2D eigenvalue weighted by molar-refractivity contribution is 5.93. The van der Waals surface area contributed by atoms with Gasteiger partial charge in [0.15, 0.2) is 0 Å². The van der Waals surface area contributed by atoms with Crippen molar-refractivity contribution in [2.24, 2.45) is 0 Å². The molecule has 23 heavy (non-hydrogen) atoms. The minimum Gasteiger partial charge on any atom is -0.506 e. The van der Waals surface area contributed by atoms with E-state index in [-0.39, 0.29) is 18.1 Å². The second-order valence-corrected chi connectivity index (χ2v) is 5.50. The fourth-order valence-electron chi connectivity index (χ4n) is 2.42. The van der Waals surface area contributed by atoms with Gasteiger partial charge in [0.25, 0.3) is 0 Å². The molecule has 0 bridgehead atoms. The van der Waals surface area contributed by atoms with E-state index in [1.54, 1.807) is 12.1 Å². The van der Waals surface area contributed by atoms with E-state index in [0.717, 1.165) is 16.8 Å². The maximum atomic E-state index is 12.1. The Morgan fingerprint density at radius 2 is 1.78 bits per heavy atom. The van der Waals surface area contributed by atoms with Crippen LogP contribution < -0.4 is 5.32 Å². The van der Waals surface area contributed by atoms with Crippen molar-refractivity contribution >= 4 is 11.6 Å². The normalized spacial score (nSPS) is 10.5. The van der Waals surface area contributed by atoms with Gasteiger partial charge in [-0.15, -0.1) is 0 Å². The topological polar surface area (TPSA) is 54.3 Å². The Bertz CT molecular complexity index is 806. The molecule has 0 radical (unpaired) electrons. The number of aromatic nitrogens is 1. The number of nitrogens with zero attached hydrogens (tertiary/aromatic N) is 1. The number of aromatic hydroxyl groups is 1. The third kappa shape index (κ3) is 3.61. The van der Waals surface area contributed by atoms with Gasteiger partial charge in [0.05, 0.1) is 12.1 Å². The molecule has 0 aliphatic carbocycles. The standard InChI is InChI=1S/C19H18N2O2/c1-14-4-9-17(18(22)12-14)20-19(23)13-15-5-7-16(8-6-15)21-10-2-3-11-21/h2-12,22H,13H2,1H3,(H,20,23). The molecular weight excluding hydrogens is 288 g/mol. The average molecular weight is 306 g/mol. The number of anilines is 1. The van der Waals surface area contributed by atoms with Gasteiger partial charge in [-0.25, -0.2) is 0 Å². The molecule has 3 rings (SSSR count). The van der Waals surface area contributed by atoms with Gasteiger partial charge in [-0.1, -0.05) is 18.2 Å². The van der Waals surface area contributed by atoms with Crippen LogP contribution in [0.4, 0.5) is 5.69 Å². The zero-order chi connectivity index (χ0) is 16.2. The maximum absolute atomic E-state index is 12.1. The van der Waals surface area contributed by atoms with Gasteiger partial charge in [0, 0.05) is 18.1 Å². The highest BCUT2D eigenvalue weighted by Gasteiger charge is 2.08. The number of hydrogen-bond donors (Lipinski definition) is 2. The quantitative estimate of drug-likeness (QED) is 0.723. The molecule has 0 atom stereocenters. The summed E-state index contributed by atoms with van der Waals surface area (Å²) in [6.07, 6.45) is 4.21. The Morgan fingerprint density at radius 1 is 1.09 bits per heavy atom. The number of benzene rings is 2. The van der Waals surface area contributed by atoms with Crippen molar-refractivity contribution in [3.63, 3.8) is 0 Å². The van der Waals surface area contributed by atoms with Crippen LogP contribution >= 0.6 is 0 Å². The lowest BCUT2D eigenvalue weighted by atomic mass is 10.1. The van der Waals surface area contributed by atoms with E-state index in [1.807, 2.05) is 66.3 Å². The predicted molar refractivity (Wildman–Crippen MR) is 90.9 cm³/mol. The van der Waals surface area contributed by atoms with Crippen LogP contribution in [-0.2, 0) is 11.2 Å². The molecule has 3 aromatic rings. The first-order chi connectivity index (χ1) is 11.1. The van der Waals surface area contributed by atoms with Gasteiger partial charge in [-0.05, 0) is 54.4 Å². The van der Waals surface area contributed by atoms with Crippen molar-refractivity contribution in [1.82, 2.24) is 4.57 Å². The molecule has 2 N–H and O–H groups in total. The lowest BCUT2D eigenvalue weighted by Crippen LogP contribution is -2.14. The fraction of sp³-hybridized carbons (Fsp3) is 0.105. The largest absolute Gasteiger partial charge is 0.506 e. The van der Waals surface area contributed by atoms with Gasteiger partial charge in [-0.2, -0.15) is 0 Å². The van der Waals surface area contributed by atoms with E-state index in [0.29, 0.717) is 5.69 Å². The zero-order valence-electron chi connectivity index (χ0n) is 12.9. The number of hydrogen-bond acceptors (Lipinski definition) is 2. The number of carbonyl (C=O) groups excluding carboxylic acids is 1. The number of rotatable bonds is 4. The van der Waals surface area contributed by atoms with Crippen molar-refractivity contribution in [3.8, 4) is 11.4 Å². The van der Waals surface area contributed by atoms with Gasteiger partial charge in [0.2, 0.25) is 5.91 Å². The maximum Gasteiger partial charge on any atom is 0.228 e. The third-order valence-corrected chi connectivity index (χ3v) is 3.63. The molecular formula is C19H18N2O2. The number of phenolic OH excluding ortho intramolecular Hbond substituents is 1. The highest BCUT2D eigenvalue weighted by atomic mass is 16.3. The molecule has 0 spiro atoms. The summed E-state index contributed by atoms with van der Waals surface area (Å²) in [5.74, 6) is -0.0702. The minimum atomic E-state index is -0.155. The van der Waals surface area contributed by atoms with Crippen molar-refractivity contribution in [3.05, 3.63) is 78.1 Å². The highest BCUT2D eigenvalue weighted by Crippen LogP contribution is 2.24. The Kier molecular flexibility index (Phi) is 4.15. The molecule has 0 fully saturated rings. The van der Waals surface area contributed by atoms with E-state index >= 15 is 0 Å². The molecule has 116 valence electrons. The molecule has 4 nitrogen and oxygen atoms in total. The van der Waals surface area contributed by atoms with Crippen molar-refractivity contribution in [1.29, 1.82) is 0 Å². The van der Waals surface area contributed by atoms with Crippen molar-refractivity contribution in [2.45, 2.75) is 13.3 Å². The Labute approximate surface area is 135 Å². The second-order valence-electron chi connectivity index (χ2n) is 5.50. The summed E-state index contributed by atoms with van der Waals surface area (Å²) in [5, 5.41) is 12.6. The van der Waals surface area contributed by atoms with E-state index in [4.69, 9.17) is 0 Å². The van der Waals surface area contributed by atoms with E-state index in [9.17, 15) is 9.90 Å². The smallest absolute Gasteiger partial charge is 0.228 e. The number of carbonyl (C=O) groups is 1. The Hall–Kier alpha value is -3.01. The van der Waals surface area contributed by atoms with Crippen LogP contribution in [0.3, 0.4) is 0 Å². The first-order valence-electron chi connectivity index (χ1n) is 7.43. The van der Waals surface area contributed by atoms with Crippen molar-refractivity contribution < 1.29 is 9.90 Å². The zero-order valence-corrected chi connectivity index (χ0v) is 12.9. The fourth-order valence-corrected chi connectivity index (χ4v) is 2.42. The lowest BCUT2D eigenvalue weighted by molar-refractivity contribution is -0.115. The average Bonchev–Trinajstić information content (AvgIpc) is 3.05. The number of nitrogens with one attached hydrogen (secondary N) is 1. The van der Waals surface area contributed by atoms with Gasteiger partial charge >= 0.3 is 0 Å². The molecule has 1 aromatic heterocycles.